The van der Waals surface area contributed by atoms with E-state index in [1.165, 1.54) is 43.1 Å². The third kappa shape index (κ3) is 2.99. The minimum Gasteiger partial charge on any atom is -0.304 e. The Morgan fingerprint density at radius 3 is 2.95 bits per heavy atom. The summed E-state index contributed by atoms with van der Waals surface area (Å²) in [6.07, 6.45) is 2.74. The molecule has 2 atom stereocenters. The van der Waals surface area contributed by atoms with Crippen LogP contribution in [0.1, 0.15) is 24.3 Å². The summed E-state index contributed by atoms with van der Waals surface area (Å²) in [5.74, 6) is 1.97. The van der Waals surface area contributed by atoms with E-state index >= 15 is 0 Å². The van der Waals surface area contributed by atoms with E-state index in [1.807, 2.05) is 11.8 Å². The van der Waals surface area contributed by atoms with Gasteiger partial charge in [-0.25, -0.2) is 0 Å². The quantitative estimate of drug-likeness (QED) is 0.835. The average Bonchev–Trinajstić information content (AvgIpc) is 2.98. The highest BCUT2D eigenvalue weighted by Crippen LogP contribution is 2.39. The number of hydrogen-bond acceptors (Lipinski definition) is 3. The van der Waals surface area contributed by atoms with Gasteiger partial charge in [0.2, 0.25) is 0 Å². The fourth-order valence-electron chi connectivity index (χ4n) is 3.40. The summed E-state index contributed by atoms with van der Waals surface area (Å²) < 4.78 is 0. The van der Waals surface area contributed by atoms with Gasteiger partial charge in [-0.1, -0.05) is 18.2 Å². The van der Waals surface area contributed by atoms with E-state index in [2.05, 4.69) is 48.2 Å². The molecule has 2 nitrogen and oxygen atoms in total. The normalized spacial score (nSPS) is 27.1. The molecule has 0 radical (unpaired) electrons. The number of benzene rings is 1. The Bertz CT molecular complexity index is 435. The van der Waals surface area contributed by atoms with E-state index in [0.29, 0.717) is 0 Å². The molecule has 0 saturated carbocycles. The predicted molar refractivity (Wildman–Crippen MR) is 83.1 cm³/mol. The van der Waals surface area contributed by atoms with Crippen LogP contribution in [-0.4, -0.2) is 55.3 Å². The summed E-state index contributed by atoms with van der Waals surface area (Å²) in [6.45, 7) is 3.70. The second kappa shape index (κ2) is 5.86. The van der Waals surface area contributed by atoms with Crippen molar-refractivity contribution in [3.63, 3.8) is 0 Å². The van der Waals surface area contributed by atoms with Crippen molar-refractivity contribution in [3.8, 4) is 0 Å². The zero-order chi connectivity index (χ0) is 13.2. The Hall–Kier alpha value is -0.510. The monoisotopic (exact) mass is 276 g/mol. The number of fused-ring (bicyclic) bond motifs is 1. The van der Waals surface area contributed by atoms with Crippen molar-refractivity contribution in [2.45, 2.75) is 29.7 Å². The molecule has 0 bridgehead atoms. The highest BCUT2D eigenvalue weighted by atomic mass is 32.2. The van der Waals surface area contributed by atoms with Crippen LogP contribution in [0.4, 0.5) is 0 Å². The van der Waals surface area contributed by atoms with Crippen molar-refractivity contribution in [1.82, 2.24) is 9.80 Å². The maximum Gasteiger partial charge on any atom is 0.0220 e. The lowest BCUT2D eigenvalue weighted by molar-refractivity contribution is 0.215. The molecule has 0 aromatic heterocycles. The van der Waals surface area contributed by atoms with Gasteiger partial charge in [-0.2, -0.15) is 0 Å². The molecule has 1 aromatic rings. The van der Waals surface area contributed by atoms with Gasteiger partial charge >= 0.3 is 0 Å². The van der Waals surface area contributed by atoms with Gasteiger partial charge in [0.1, 0.15) is 0 Å². The van der Waals surface area contributed by atoms with Gasteiger partial charge in [0.15, 0.2) is 0 Å². The summed E-state index contributed by atoms with van der Waals surface area (Å²) in [6, 6.07) is 9.70. The molecule has 0 spiro atoms. The first-order chi connectivity index (χ1) is 9.24. The van der Waals surface area contributed by atoms with Gasteiger partial charge in [-0.3, -0.25) is 0 Å². The molecule has 0 amide bonds. The molecule has 2 aliphatic heterocycles. The molecule has 19 heavy (non-hydrogen) atoms. The SMILES string of the molecule is CN(CC1CSc2ccccc21)CC1CCCN1C. The molecule has 3 heteroatoms. The van der Waals surface area contributed by atoms with Crippen LogP contribution in [0.25, 0.3) is 0 Å². The standard InChI is InChI=1S/C16H24N2S/c1-17(11-14-6-5-9-18(14)2)10-13-12-19-16-8-4-3-7-15(13)16/h3-4,7-8,13-14H,5-6,9-12H2,1-2H3. The summed E-state index contributed by atoms with van der Waals surface area (Å²) in [5, 5.41) is 0. The van der Waals surface area contributed by atoms with Crippen LogP contribution >= 0.6 is 11.8 Å². The number of nitrogens with zero attached hydrogens (tertiary/aromatic N) is 2. The van der Waals surface area contributed by atoms with Gasteiger partial charge in [-0.15, -0.1) is 11.8 Å². The van der Waals surface area contributed by atoms with Gasteiger partial charge in [0.25, 0.3) is 0 Å². The van der Waals surface area contributed by atoms with E-state index in [9.17, 15) is 0 Å². The zero-order valence-corrected chi connectivity index (χ0v) is 12.8. The molecule has 3 rings (SSSR count). The van der Waals surface area contributed by atoms with Gasteiger partial charge in [0.05, 0.1) is 0 Å². The largest absolute Gasteiger partial charge is 0.304 e. The highest BCUT2D eigenvalue weighted by Gasteiger charge is 2.26. The Labute approximate surface area is 121 Å². The first-order valence-corrected chi connectivity index (χ1v) is 8.33. The van der Waals surface area contributed by atoms with E-state index in [1.54, 1.807) is 5.56 Å². The van der Waals surface area contributed by atoms with Crippen LogP contribution in [0.15, 0.2) is 29.2 Å². The Morgan fingerprint density at radius 1 is 1.32 bits per heavy atom. The fraction of sp³-hybridized carbons (Fsp3) is 0.625. The molecule has 2 heterocycles. The first-order valence-electron chi connectivity index (χ1n) is 7.34. The van der Waals surface area contributed by atoms with Crippen molar-refractivity contribution < 1.29 is 0 Å². The van der Waals surface area contributed by atoms with Crippen molar-refractivity contribution >= 4 is 11.8 Å². The second-order valence-electron chi connectivity index (χ2n) is 6.04. The number of hydrogen-bond donors (Lipinski definition) is 0. The molecule has 0 aliphatic carbocycles. The van der Waals surface area contributed by atoms with Gasteiger partial charge in [-0.05, 0) is 45.1 Å². The molecule has 1 aromatic carbocycles. The van der Waals surface area contributed by atoms with Crippen LogP contribution in [-0.2, 0) is 0 Å². The lowest BCUT2D eigenvalue weighted by Gasteiger charge is -2.27. The van der Waals surface area contributed by atoms with Crippen LogP contribution in [0.2, 0.25) is 0 Å². The number of thioether (sulfide) groups is 1. The zero-order valence-electron chi connectivity index (χ0n) is 12.0. The van der Waals surface area contributed by atoms with Crippen LogP contribution in [0.3, 0.4) is 0 Å². The van der Waals surface area contributed by atoms with E-state index < -0.39 is 0 Å². The highest BCUT2D eigenvalue weighted by molar-refractivity contribution is 7.99. The molecule has 1 fully saturated rings. The number of likely N-dealkylation sites (N-methyl/N-ethyl adjacent to an activating group) is 2. The first kappa shape index (κ1) is 13.5. The lowest BCUT2D eigenvalue weighted by atomic mass is 10.0. The molecular formula is C16H24N2S. The molecule has 1 saturated heterocycles. The van der Waals surface area contributed by atoms with E-state index in [0.717, 1.165) is 12.0 Å². The van der Waals surface area contributed by atoms with Crippen molar-refractivity contribution in [1.29, 1.82) is 0 Å². The van der Waals surface area contributed by atoms with Crippen molar-refractivity contribution in [2.24, 2.45) is 0 Å². The smallest absolute Gasteiger partial charge is 0.0220 e. The minimum absolute atomic E-state index is 0.720. The van der Waals surface area contributed by atoms with Crippen LogP contribution in [0, 0.1) is 0 Å². The maximum absolute atomic E-state index is 2.54. The van der Waals surface area contributed by atoms with Crippen LogP contribution in [0.5, 0.6) is 0 Å². The molecule has 0 N–H and O–H groups in total. The maximum atomic E-state index is 2.54. The lowest BCUT2D eigenvalue weighted by Crippen LogP contribution is -2.38. The fourth-order valence-corrected chi connectivity index (χ4v) is 4.64. The summed E-state index contributed by atoms with van der Waals surface area (Å²) >= 11 is 2.02. The number of likely N-dealkylation sites (tertiary alicyclic amines) is 1. The Kier molecular flexibility index (Phi) is 4.15. The molecule has 2 unspecified atom stereocenters. The van der Waals surface area contributed by atoms with Gasteiger partial charge < -0.3 is 9.80 Å². The summed E-state index contributed by atoms with van der Waals surface area (Å²) in [4.78, 5) is 6.56. The van der Waals surface area contributed by atoms with Crippen molar-refractivity contribution in [3.05, 3.63) is 29.8 Å². The second-order valence-corrected chi connectivity index (χ2v) is 7.11. The third-order valence-corrected chi connectivity index (χ3v) is 5.78. The van der Waals surface area contributed by atoms with Gasteiger partial charge in [0, 0.05) is 35.7 Å². The van der Waals surface area contributed by atoms with Crippen LogP contribution < -0.4 is 0 Å². The average molecular weight is 276 g/mol. The summed E-state index contributed by atoms with van der Waals surface area (Å²) in [7, 11) is 4.56. The minimum atomic E-state index is 0.720. The molecule has 2 aliphatic rings. The third-order valence-electron chi connectivity index (χ3n) is 4.52. The predicted octanol–water partition coefficient (Wildman–Crippen LogP) is 2.90. The van der Waals surface area contributed by atoms with E-state index in [-0.39, 0.29) is 0 Å². The van der Waals surface area contributed by atoms with E-state index in [4.69, 9.17) is 0 Å². The Morgan fingerprint density at radius 2 is 2.16 bits per heavy atom. The molecule has 104 valence electrons. The Balaban J connectivity index is 1.57. The summed E-state index contributed by atoms with van der Waals surface area (Å²) in [5.41, 5.74) is 1.57. The number of rotatable bonds is 4. The molecular weight excluding hydrogens is 252 g/mol. The van der Waals surface area contributed by atoms with Crippen molar-refractivity contribution in [2.75, 3.05) is 39.5 Å². The topological polar surface area (TPSA) is 6.48 Å².